The van der Waals surface area contributed by atoms with Crippen LogP contribution in [0.4, 0.5) is 0 Å². The van der Waals surface area contributed by atoms with Gasteiger partial charge in [-0.05, 0) is 61.3 Å². The third kappa shape index (κ3) is 4.05. The van der Waals surface area contributed by atoms with Crippen molar-refractivity contribution in [2.45, 2.75) is 53.0 Å². The highest BCUT2D eigenvalue weighted by atomic mass is 14.7. The lowest BCUT2D eigenvalue weighted by molar-refractivity contribution is 0.683. The average molecular weight is 255 g/mol. The number of fused-ring (bicyclic) bond motifs is 1. The van der Waals surface area contributed by atoms with Gasteiger partial charge in [0.25, 0.3) is 0 Å². The van der Waals surface area contributed by atoms with Crippen LogP contribution in [0.15, 0.2) is 35.3 Å². The second-order valence-corrected chi connectivity index (χ2v) is 5.86. The molecule has 0 aliphatic heterocycles. The van der Waals surface area contributed by atoms with Crippen molar-refractivity contribution in [2.24, 2.45) is 10.9 Å². The van der Waals surface area contributed by atoms with Crippen molar-refractivity contribution >= 4 is 5.71 Å². The zero-order valence-electron chi connectivity index (χ0n) is 12.4. The summed E-state index contributed by atoms with van der Waals surface area (Å²) in [5.41, 5.74) is 5.66. The molecule has 0 aromatic heterocycles. The number of rotatable bonds is 5. The molecule has 0 fully saturated rings. The molecule has 0 unspecified atom stereocenters. The predicted octanol–water partition coefficient (Wildman–Crippen LogP) is 4.74. The molecule has 1 aromatic carbocycles. The molecule has 1 aliphatic carbocycles. The molecule has 1 heteroatoms. The summed E-state index contributed by atoms with van der Waals surface area (Å²) in [5.74, 6) is 0.662. The normalized spacial score (nSPS) is 15.5. The fraction of sp³-hybridized carbons (Fsp3) is 0.500. The fourth-order valence-electron chi connectivity index (χ4n) is 2.71. The number of hydrogen-bond acceptors (Lipinski definition) is 1. The van der Waals surface area contributed by atoms with Crippen LogP contribution in [-0.4, -0.2) is 5.71 Å². The Kier molecular flexibility index (Phi) is 4.95. The van der Waals surface area contributed by atoms with Gasteiger partial charge in [0.2, 0.25) is 0 Å². The van der Waals surface area contributed by atoms with Gasteiger partial charge in [-0.1, -0.05) is 38.1 Å². The molecule has 1 nitrogen and oxygen atoms in total. The van der Waals surface area contributed by atoms with E-state index in [0.717, 1.165) is 13.0 Å². The number of benzene rings is 1. The quantitative estimate of drug-likeness (QED) is 0.674. The lowest BCUT2D eigenvalue weighted by Crippen LogP contribution is -2.01. The van der Waals surface area contributed by atoms with Crippen molar-refractivity contribution in [1.82, 2.24) is 0 Å². The van der Waals surface area contributed by atoms with Crippen LogP contribution in [0.1, 0.15) is 50.3 Å². The summed E-state index contributed by atoms with van der Waals surface area (Å²) in [5, 5.41) is 0. The minimum atomic E-state index is 0.662. The van der Waals surface area contributed by atoms with Crippen molar-refractivity contribution in [3.63, 3.8) is 0 Å². The molecule has 0 heterocycles. The topological polar surface area (TPSA) is 12.4 Å². The van der Waals surface area contributed by atoms with Crippen LogP contribution < -0.4 is 0 Å². The molecule has 19 heavy (non-hydrogen) atoms. The Morgan fingerprint density at radius 1 is 1.26 bits per heavy atom. The molecule has 0 atom stereocenters. The van der Waals surface area contributed by atoms with Crippen LogP contribution in [-0.2, 0) is 19.4 Å². The number of allylic oxidation sites excluding steroid dienone is 2. The van der Waals surface area contributed by atoms with Crippen molar-refractivity contribution in [3.8, 4) is 0 Å². The van der Waals surface area contributed by atoms with Gasteiger partial charge in [0.15, 0.2) is 0 Å². The van der Waals surface area contributed by atoms with Crippen molar-refractivity contribution in [3.05, 3.63) is 47.0 Å². The van der Waals surface area contributed by atoms with E-state index in [0.29, 0.717) is 5.92 Å². The van der Waals surface area contributed by atoms with Gasteiger partial charge in [-0.2, -0.15) is 0 Å². The largest absolute Gasteiger partial charge is 0.285 e. The van der Waals surface area contributed by atoms with Gasteiger partial charge in [0, 0.05) is 5.71 Å². The Balaban J connectivity index is 2.07. The minimum absolute atomic E-state index is 0.662. The highest BCUT2D eigenvalue weighted by molar-refractivity contribution is 5.94. The molecule has 0 N–H and O–H groups in total. The first-order chi connectivity index (χ1) is 9.19. The summed E-state index contributed by atoms with van der Waals surface area (Å²) in [6.45, 7) is 7.37. The first-order valence-corrected chi connectivity index (χ1v) is 7.45. The van der Waals surface area contributed by atoms with Crippen molar-refractivity contribution in [2.75, 3.05) is 0 Å². The summed E-state index contributed by atoms with van der Waals surface area (Å²) in [6, 6.07) is 6.90. The molecule has 0 amide bonds. The van der Waals surface area contributed by atoms with Crippen molar-refractivity contribution < 1.29 is 0 Å². The first kappa shape index (κ1) is 14.0. The number of hydrogen-bond donors (Lipinski definition) is 0. The predicted molar refractivity (Wildman–Crippen MR) is 83.9 cm³/mol. The fourth-order valence-corrected chi connectivity index (χ4v) is 2.71. The number of aliphatic imine (C=N–C) groups is 1. The molecule has 1 aromatic rings. The van der Waals surface area contributed by atoms with Crippen LogP contribution in [0, 0.1) is 5.92 Å². The van der Waals surface area contributed by atoms with Gasteiger partial charge in [-0.15, -0.1) is 0 Å². The molecular formula is C18H25N. The Labute approximate surface area is 117 Å². The van der Waals surface area contributed by atoms with Gasteiger partial charge >= 0.3 is 0 Å². The number of nitrogens with zero attached hydrogens (tertiary/aromatic N) is 1. The molecule has 0 bridgehead atoms. The average Bonchev–Trinajstić information content (AvgIpc) is 2.83. The second-order valence-electron chi connectivity index (χ2n) is 5.86. The van der Waals surface area contributed by atoms with E-state index in [1.807, 2.05) is 0 Å². The smallest absolute Gasteiger partial charge is 0.0643 e. The molecule has 102 valence electrons. The third-order valence-electron chi connectivity index (χ3n) is 3.60. The Morgan fingerprint density at radius 3 is 2.79 bits per heavy atom. The Morgan fingerprint density at radius 2 is 2.05 bits per heavy atom. The third-order valence-corrected chi connectivity index (χ3v) is 3.60. The summed E-state index contributed by atoms with van der Waals surface area (Å²) < 4.78 is 0. The van der Waals surface area contributed by atoms with E-state index in [-0.39, 0.29) is 0 Å². The van der Waals surface area contributed by atoms with Crippen LogP contribution >= 0.6 is 0 Å². The molecule has 2 rings (SSSR count). The van der Waals surface area contributed by atoms with Crippen LogP contribution in [0.3, 0.4) is 0 Å². The lowest BCUT2D eigenvalue weighted by atomic mass is 10.1. The van der Waals surface area contributed by atoms with Gasteiger partial charge < -0.3 is 0 Å². The summed E-state index contributed by atoms with van der Waals surface area (Å²) in [7, 11) is 0. The van der Waals surface area contributed by atoms with E-state index in [1.54, 1.807) is 11.1 Å². The highest BCUT2D eigenvalue weighted by Gasteiger charge is 2.10. The molecule has 0 spiro atoms. The standard InChI is InChI=1S/C18H25N/c1-4-6-18(11-14(2)3)19-13-15-9-10-16-7-5-8-17(16)12-15/h4,6,9-10,12,14H,5,7-8,11,13H2,1-3H3/b6-4-,19-18?. The van der Waals surface area contributed by atoms with Crippen LogP contribution in [0.2, 0.25) is 0 Å². The molecule has 0 saturated heterocycles. The van der Waals surface area contributed by atoms with Crippen LogP contribution in [0.5, 0.6) is 0 Å². The minimum Gasteiger partial charge on any atom is -0.285 e. The van der Waals surface area contributed by atoms with Gasteiger partial charge in [-0.3, -0.25) is 4.99 Å². The maximum Gasteiger partial charge on any atom is 0.0643 e. The first-order valence-electron chi connectivity index (χ1n) is 7.45. The molecule has 1 aliphatic rings. The molecular weight excluding hydrogens is 230 g/mol. The summed E-state index contributed by atoms with van der Waals surface area (Å²) >= 11 is 0. The zero-order chi connectivity index (χ0) is 13.7. The lowest BCUT2D eigenvalue weighted by Gasteiger charge is -2.06. The highest BCUT2D eigenvalue weighted by Crippen LogP contribution is 2.23. The van der Waals surface area contributed by atoms with E-state index in [1.165, 1.54) is 30.5 Å². The van der Waals surface area contributed by atoms with E-state index in [2.05, 4.69) is 51.1 Å². The van der Waals surface area contributed by atoms with E-state index in [9.17, 15) is 0 Å². The van der Waals surface area contributed by atoms with Gasteiger partial charge in [-0.25, -0.2) is 0 Å². The second kappa shape index (κ2) is 6.70. The molecule has 0 radical (unpaired) electrons. The maximum absolute atomic E-state index is 4.78. The zero-order valence-corrected chi connectivity index (χ0v) is 12.4. The summed E-state index contributed by atoms with van der Waals surface area (Å²) in [4.78, 5) is 4.78. The Hall–Kier alpha value is -1.37. The van der Waals surface area contributed by atoms with Gasteiger partial charge in [0.1, 0.15) is 0 Å². The van der Waals surface area contributed by atoms with Crippen molar-refractivity contribution in [1.29, 1.82) is 0 Å². The van der Waals surface area contributed by atoms with E-state index >= 15 is 0 Å². The van der Waals surface area contributed by atoms with Gasteiger partial charge in [0.05, 0.1) is 6.54 Å². The molecule has 0 saturated carbocycles. The maximum atomic E-state index is 4.78. The number of aryl methyl sites for hydroxylation is 2. The van der Waals surface area contributed by atoms with Crippen LogP contribution in [0.25, 0.3) is 0 Å². The van der Waals surface area contributed by atoms with E-state index in [4.69, 9.17) is 4.99 Å². The van der Waals surface area contributed by atoms with E-state index < -0.39 is 0 Å². The summed E-state index contributed by atoms with van der Waals surface area (Å²) in [6.07, 6.45) is 9.13. The Bertz CT molecular complexity index is 480. The SMILES string of the molecule is C/C=C\C(CC(C)C)=NCc1ccc2c(c1)CCC2. The monoisotopic (exact) mass is 255 g/mol.